The van der Waals surface area contributed by atoms with Crippen molar-refractivity contribution >= 4 is 46.0 Å². The number of hydrogen-bond donors (Lipinski definition) is 2. The van der Waals surface area contributed by atoms with E-state index in [0.29, 0.717) is 47.0 Å². The van der Waals surface area contributed by atoms with Crippen molar-refractivity contribution in [1.82, 2.24) is 14.9 Å². The molecule has 1 saturated heterocycles. The first-order chi connectivity index (χ1) is 18.5. The molecule has 0 radical (unpaired) electrons. The van der Waals surface area contributed by atoms with Gasteiger partial charge in [0.05, 0.1) is 45.5 Å². The van der Waals surface area contributed by atoms with Gasteiger partial charge in [0.25, 0.3) is 5.91 Å². The number of carbonyl (C=O) groups is 2. The molecule has 4 heterocycles. The average Bonchev–Trinajstić information content (AvgIpc) is 2.87. The van der Waals surface area contributed by atoms with E-state index in [1.165, 1.54) is 0 Å². The molecule has 0 unspecified atom stereocenters. The normalized spacial score (nSPS) is 23.6. The second kappa shape index (κ2) is 10.2. The van der Waals surface area contributed by atoms with Crippen LogP contribution in [0.15, 0.2) is 35.6 Å². The van der Waals surface area contributed by atoms with Crippen LogP contribution in [-0.4, -0.2) is 51.4 Å². The third-order valence-corrected chi connectivity index (χ3v) is 8.24. The average molecular weight is 549 g/mol. The van der Waals surface area contributed by atoms with E-state index in [1.54, 1.807) is 36.4 Å². The fourth-order valence-electron chi connectivity index (χ4n) is 5.56. The van der Waals surface area contributed by atoms with Crippen LogP contribution in [0.25, 0.3) is 10.9 Å². The molecule has 0 aliphatic carbocycles. The van der Waals surface area contributed by atoms with E-state index in [-0.39, 0.29) is 36.3 Å². The highest BCUT2D eigenvalue weighted by atomic mass is 35.5. The number of aryl methyl sites for hydroxylation is 2. The molecular weight excluding hydrogens is 516 g/mol. The second-order valence-corrected chi connectivity index (χ2v) is 11.1. The Bertz CT molecular complexity index is 1520. The second-order valence-electron chi connectivity index (χ2n) is 10.7. The highest BCUT2D eigenvalue weighted by molar-refractivity contribution is 6.35. The number of nitrogens with one attached hydrogen (secondary N) is 1. The summed E-state index contributed by atoms with van der Waals surface area (Å²) in [5, 5.41) is 4.10. The van der Waals surface area contributed by atoms with E-state index < -0.39 is 5.54 Å². The summed E-state index contributed by atoms with van der Waals surface area (Å²) in [7, 11) is 0. The van der Waals surface area contributed by atoms with Crippen molar-refractivity contribution in [3.63, 3.8) is 0 Å². The molecule has 2 aliphatic rings. The standard InChI is InChI=1S/C29H33ClN6O3/c1-15-10-22(29(5)13-24(37)36(28(31)35-29)20-7-9-39-16(2)11-20)25(30)26(17(15)3)34-27(38)21-12-19-14-32-8-6-23(19)33-18(21)4/h6,8,10,12,14,16,20H,7,9,11,13H2,1-5H3,(H2,31,35)(H,34,38)/t16-,20-,29+/m1/s1. The van der Waals surface area contributed by atoms with E-state index in [0.717, 1.165) is 22.0 Å². The topological polar surface area (TPSA) is 123 Å². The summed E-state index contributed by atoms with van der Waals surface area (Å²) in [4.78, 5) is 42.0. The number of pyridine rings is 2. The predicted molar refractivity (Wildman–Crippen MR) is 152 cm³/mol. The van der Waals surface area contributed by atoms with Crippen molar-refractivity contribution in [2.24, 2.45) is 10.7 Å². The van der Waals surface area contributed by atoms with Gasteiger partial charge in [-0.3, -0.25) is 24.5 Å². The van der Waals surface area contributed by atoms with Crippen LogP contribution in [-0.2, 0) is 15.1 Å². The van der Waals surface area contributed by atoms with E-state index in [1.807, 2.05) is 33.8 Å². The van der Waals surface area contributed by atoms with E-state index >= 15 is 0 Å². The summed E-state index contributed by atoms with van der Waals surface area (Å²) < 4.78 is 5.65. The Balaban J connectivity index is 1.50. The van der Waals surface area contributed by atoms with Gasteiger partial charge in [-0.2, -0.15) is 0 Å². The minimum Gasteiger partial charge on any atom is -0.378 e. The van der Waals surface area contributed by atoms with Gasteiger partial charge in [-0.15, -0.1) is 0 Å². The van der Waals surface area contributed by atoms with Crippen molar-refractivity contribution in [2.45, 2.75) is 71.6 Å². The van der Waals surface area contributed by atoms with Crippen LogP contribution < -0.4 is 11.1 Å². The Morgan fingerprint density at radius 1 is 1.28 bits per heavy atom. The van der Waals surface area contributed by atoms with Crippen molar-refractivity contribution in [3.8, 4) is 0 Å². The van der Waals surface area contributed by atoms with Crippen LogP contribution in [0.4, 0.5) is 5.69 Å². The summed E-state index contributed by atoms with van der Waals surface area (Å²) in [5.74, 6) is -0.255. The molecule has 2 amide bonds. The maximum Gasteiger partial charge on any atom is 0.257 e. The fraction of sp³-hybridized carbons (Fsp3) is 0.414. The monoisotopic (exact) mass is 548 g/mol. The first-order valence-corrected chi connectivity index (χ1v) is 13.5. The quantitative estimate of drug-likeness (QED) is 0.483. The Morgan fingerprint density at radius 2 is 2.05 bits per heavy atom. The Kier molecular flexibility index (Phi) is 7.07. The molecule has 39 heavy (non-hydrogen) atoms. The van der Waals surface area contributed by atoms with Gasteiger partial charge < -0.3 is 15.8 Å². The largest absolute Gasteiger partial charge is 0.378 e. The van der Waals surface area contributed by atoms with Crippen molar-refractivity contribution in [3.05, 3.63) is 63.6 Å². The molecule has 3 atom stereocenters. The zero-order valence-electron chi connectivity index (χ0n) is 22.8. The molecule has 3 aromatic rings. The lowest BCUT2D eigenvalue weighted by molar-refractivity contribution is -0.133. The summed E-state index contributed by atoms with van der Waals surface area (Å²) in [6.45, 7) is 10.1. The number of aromatic nitrogens is 2. The van der Waals surface area contributed by atoms with Gasteiger partial charge >= 0.3 is 0 Å². The SMILES string of the molecule is Cc1cc([C@]2(C)CC(=O)N([C@@H]3CCO[C@H](C)C3)C(N)=N2)c(Cl)c(NC(=O)c2cc3cnccc3nc2C)c1C. The maximum atomic E-state index is 13.5. The van der Waals surface area contributed by atoms with Crippen LogP contribution >= 0.6 is 11.6 Å². The first-order valence-electron chi connectivity index (χ1n) is 13.1. The van der Waals surface area contributed by atoms with Gasteiger partial charge in [0, 0.05) is 36.0 Å². The summed E-state index contributed by atoms with van der Waals surface area (Å²) in [5.41, 5.74) is 10.1. The molecule has 9 nitrogen and oxygen atoms in total. The molecule has 5 rings (SSSR count). The smallest absolute Gasteiger partial charge is 0.257 e. The summed E-state index contributed by atoms with van der Waals surface area (Å²) in [6.07, 6.45) is 4.92. The number of halogens is 1. The number of aliphatic imine (C=N–C) groups is 1. The maximum absolute atomic E-state index is 13.5. The number of nitrogens with zero attached hydrogens (tertiary/aromatic N) is 4. The van der Waals surface area contributed by atoms with Gasteiger partial charge in [0.15, 0.2) is 5.96 Å². The van der Waals surface area contributed by atoms with Crippen LogP contribution in [0.1, 0.15) is 65.9 Å². The number of carbonyl (C=O) groups excluding carboxylic acids is 2. The van der Waals surface area contributed by atoms with Gasteiger partial charge in [-0.05, 0) is 70.7 Å². The molecule has 2 aromatic heterocycles. The number of rotatable bonds is 4. The number of hydrogen-bond acceptors (Lipinski definition) is 7. The van der Waals surface area contributed by atoms with Crippen molar-refractivity contribution in [1.29, 1.82) is 0 Å². The first kappa shape index (κ1) is 27.0. The van der Waals surface area contributed by atoms with Crippen molar-refractivity contribution in [2.75, 3.05) is 11.9 Å². The van der Waals surface area contributed by atoms with Gasteiger partial charge in [0.2, 0.25) is 5.91 Å². The lowest BCUT2D eigenvalue weighted by atomic mass is 9.84. The highest BCUT2D eigenvalue weighted by Gasteiger charge is 2.42. The molecule has 0 bridgehead atoms. The fourth-order valence-corrected chi connectivity index (χ4v) is 6.00. The molecule has 3 N–H and O–H groups in total. The molecule has 2 aliphatic heterocycles. The lowest BCUT2D eigenvalue weighted by Gasteiger charge is -2.42. The Morgan fingerprint density at radius 3 is 2.77 bits per heavy atom. The van der Waals surface area contributed by atoms with Crippen LogP contribution in [0, 0.1) is 20.8 Å². The van der Waals surface area contributed by atoms with Crippen LogP contribution in [0.5, 0.6) is 0 Å². The molecular formula is C29H33ClN6O3. The minimum absolute atomic E-state index is 0.0476. The number of benzene rings is 1. The van der Waals surface area contributed by atoms with Gasteiger partial charge in [-0.25, -0.2) is 4.99 Å². The van der Waals surface area contributed by atoms with E-state index in [4.69, 9.17) is 27.1 Å². The van der Waals surface area contributed by atoms with Crippen LogP contribution in [0.3, 0.4) is 0 Å². The number of amides is 2. The minimum atomic E-state index is -0.991. The highest BCUT2D eigenvalue weighted by Crippen LogP contribution is 2.43. The zero-order valence-corrected chi connectivity index (χ0v) is 23.6. The molecule has 204 valence electrons. The van der Waals surface area contributed by atoms with Crippen LogP contribution in [0.2, 0.25) is 5.02 Å². The van der Waals surface area contributed by atoms with Crippen molar-refractivity contribution < 1.29 is 14.3 Å². The molecule has 1 aromatic carbocycles. The predicted octanol–water partition coefficient (Wildman–Crippen LogP) is 4.79. The number of anilines is 1. The summed E-state index contributed by atoms with van der Waals surface area (Å²) in [6, 6.07) is 5.46. The number of nitrogens with two attached hydrogens (primary N) is 1. The molecule has 0 spiro atoms. The number of ether oxygens (including phenoxy) is 1. The van der Waals surface area contributed by atoms with E-state index in [9.17, 15) is 9.59 Å². The third kappa shape index (κ3) is 4.96. The Hall–Kier alpha value is -3.56. The van der Waals surface area contributed by atoms with Gasteiger partial charge in [0.1, 0.15) is 0 Å². The number of guanidine groups is 1. The zero-order chi connectivity index (χ0) is 28.1. The summed E-state index contributed by atoms with van der Waals surface area (Å²) >= 11 is 6.98. The van der Waals surface area contributed by atoms with Gasteiger partial charge in [-0.1, -0.05) is 17.7 Å². The number of fused-ring (bicyclic) bond motifs is 1. The third-order valence-electron chi connectivity index (χ3n) is 7.85. The Labute approximate surface area is 232 Å². The van der Waals surface area contributed by atoms with E-state index in [2.05, 4.69) is 15.3 Å². The lowest BCUT2D eigenvalue weighted by Crippen LogP contribution is -2.56. The molecule has 0 saturated carbocycles. The molecule has 1 fully saturated rings. The molecule has 10 heteroatoms.